The number of hydrogen-bond donors (Lipinski definition) is 2. The number of anilines is 1. The molecule has 1 aromatic carbocycles. The molecule has 1 rings (SSSR count). The highest BCUT2D eigenvalue weighted by molar-refractivity contribution is 9.10. The average Bonchev–Trinajstić information content (AvgIpc) is 2.28. The van der Waals surface area contributed by atoms with Crippen LogP contribution in [0.3, 0.4) is 0 Å². The first-order chi connectivity index (χ1) is 8.58. The van der Waals surface area contributed by atoms with Gasteiger partial charge in [0.05, 0.1) is 6.10 Å². The van der Waals surface area contributed by atoms with Gasteiger partial charge in [0, 0.05) is 23.3 Å². The Labute approximate surface area is 122 Å². The minimum Gasteiger partial charge on any atom is -0.379 e. The maximum atomic E-state index is 5.45. The Morgan fingerprint density at radius 3 is 2.89 bits per heavy atom. The highest BCUT2D eigenvalue weighted by atomic mass is 79.9. The summed E-state index contributed by atoms with van der Waals surface area (Å²) >= 11 is 8.62. The molecule has 1 aromatic rings. The first-order valence-electron chi connectivity index (χ1n) is 6.00. The van der Waals surface area contributed by atoms with Crippen LogP contribution in [0.4, 0.5) is 5.69 Å². The van der Waals surface area contributed by atoms with E-state index in [2.05, 4.69) is 26.6 Å². The van der Waals surface area contributed by atoms with Crippen molar-refractivity contribution in [1.29, 1.82) is 0 Å². The van der Waals surface area contributed by atoms with Crippen LogP contribution < -0.4 is 10.6 Å². The summed E-state index contributed by atoms with van der Waals surface area (Å²) in [5, 5.41) is 6.92. The van der Waals surface area contributed by atoms with Gasteiger partial charge in [-0.15, -0.1) is 0 Å². The second kappa shape index (κ2) is 8.45. The Kier molecular flexibility index (Phi) is 7.23. The molecule has 18 heavy (non-hydrogen) atoms. The summed E-state index contributed by atoms with van der Waals surface area (Å²) in [5.41, 5.74) is 0.973. The average molecular weight is 331 g/mol. The molecule has 5 heteroatoms. The molecule has 0 aliphatic carbocycles. The van der Waals surface area contributed by atoms with Crippen molar-refractivity contribution in [1.82, 2.24) is 5.32 Å². The maximum absolute atomic E-state index is 5.45. The zero-order valence-electron chi connectivity index (χ0n) is 10.7. The van der Waals surface area contributed by atoms with Gasteiger partial charge in [-0.1, -0.05) is 22.0 Å². The molecule has 0 amide bonds. The Bertz CT molecular complexity index is 385. The van der Waals surface area contributed by atoms with Gasteiger partial charge in [-0.05, 0) is 50.7 Å². The van der Waals surface area contributed by atoms with E-state index in [9.17, 15) is 0 Å². The van der Waals surface area contributed by atoms with Crippen LogP contribution in [0.1, 0.15) is 20.3 Å². The molecule has 0 aromatic heterocycles. The van der Waals surface area contributed by atoms with Gasteiger partial charge >= 0.3 is 0 Å². The molecule has 0 atom stereocenters. The Hall–Kier alpha value is -0.650. The molecule has 0 unspecified atom stereocenters. The van der Waals surface area contributed by atoms with E-state index in [1.54, 1.807) is 0 Å². The lowest BCUT2D eigenvalue weighted by atomic mass is 10.3. The minimum absolute atomic E-state index is 0.289. The molecule has 2 N–H and O–H groups in total. The van der Waals surface area contributed by atoms with Gasteiger partial charge < -0.3 is 15.4 Å². The van der Waals surface area contributed by atoms with E-state index in [1.165, 1.54) is 0 Å². The van der Waals surface area contributed by atoms with Crippen molar-refractivity contribution in [3.05, 3.63) is 28.7 Å². The molecule has 0 aliphatic rings. The zero-order valence-corrected chi connectivity index (χ0v) is 13.1. The normalized spacial score (nSPS) is 10.4. The van der Waals surface area contributed by atoms with Crippen LogP contribution in [-0.2, 0) is 4.74 Å². The molecule has 3 nitrogen and oxygen atoms in total. The molecule has 0 bridgehead atoms. The number of halogens is 1. The lowest BCUT2D eigenvalue weighted by Gasteiger charge is -2.11. The predicted octanol–water partition coefficient (Wildman–Crippen LogP) is 3.55. The molecule has 0 radical (unpaired) electrons. The molecule has 0 spiro atoms. The quantitative estimate of drug-likeness (QED) is 0.617. The van der Waals surface area contributed by atoms with Crippen molar-refractivity contribution < 1.29 is 4.74 Å². The van der Waals surface area contributed by atoms with E-state index in [0.29, 0.717) is 5.11 Å². The van der Waals surface area contributed by atoms with Crippen molar-refractivity contribution in [2.24, 2.45) is 0 Å². The second-order valence-electron chi connectivity index (χ2n) is 4.16. The minimum atomic E-state index is 0.289. The summed E-state index contributed by atoms with van der Waals surface area (Å²) in [7, 11) is 0. The Morgan fingerprint density at radius 2 is 2.22 bits per heavy atom. The maximum Gasteiger partial charge on any atom is 0.170 e. The van der Waals surface area contributed by atoms with Crippen molar-refractivity contribution in [3.63, 3.8) is 0 Å². The van der Waals surface area contributed by atoms with Crippen LogP contribution in [0.15, 0.2) is 28.7 Å². The van der Waals surface area contributed by atoms with Crippen LogP contribution in [0.25, 0.3) is 0 Å². The van der Waals surface area contributed by atoms with E-state index >= 15 is 0 Å². The third-order valence-corrected chi connectivity index (χ3v) is 2.88. The SMILES string of the molecule is CC(C)OCCCNC(=S)Nc1cccc(Br)c1. The molecule has 0 saturated heterocycles. The van der Waals surface area contributed by atoms with Crippen LogP contribution in [0, 0.1) is 0 Å². The largest absolute Gasteiger partial charge is 0.379 e. The molecule has 0 heterocycles. The summed E-state index contributed by atoms with van der Waals surface area (Å²) in [6.07, 6.45) is 1.23. The smallest absolute Gasteiger partial charge is 0.170 e. The van der Waals surface area contributed by atoms with Gasteiger partial charge in [0.25, 0.3) is 0 Å². The van der Waals surface area contributed by atoms with E-state index in [4.69, 9.17) is 17.0 Å². The van der Waals surface area contributed by atoms with Crippen LogP contribution >= 0.6 is 28.1 Å². The summed E-state index contributed by atoms with van der Waals surface area (Å²) in [6.45, 7) is 5.64. The fourth-order valence-electron chi connectivity index (χ4n) is 1.33. The number of nitrogens with one attached hydrogen (secondary N) is 2. The molecular formula is C13H19BrN2OS. The van der Waals surface area contributed by atoms with Crippen LogP contribution in [-0.4, -0.2) is 24.4 Å². The van der Waals surface area contributed by atoms with Crippen LogP contribution in [0.2, 0.25) is 0 Å². The molecule has 0 saturated carbocycles. The summed E-state index contributed by atoms with van der Waals surface area (Å²) < 4.78 is 6.48. The lowest BCUT2D eigenvalue weighted by Crippen LogP contribution is -2.29. The van der Waals surface area contributed by atoms with E-state index < -0.39 is 0 Å². The predicted molar refractivity (Wildman–Crippen MR) is 84.1 cm³/mol. The van der Waals surface area contributed by atoms with E-state index in [0.717, 1.165) is 29.7 Å². The molecule has 0 fully saturated rings. The first kappa shape index (κ1) is 15.4. The van der Waals surface area contributed by atoms with Gasteiger partial charge in [-0.2, -0.15) is 0 Å². The Morgan fingerprint density at radius 1 is 1.44 bits per heavy atom. The molecular weight excluding hydrogens is 312 g/mol. The first-order valence-corrected chi connectivity index (χ1v) is 7.20. The molecule has 100 valence electrons. The van der Waals surface area contributed by atoms with Gasteiger partial charge in [0.2, 0.25) is 0 Å². The van der Waals surface area contributed by atoms with Gasteiger partial charge in [0.1, 0.15) is 0 Å². The topological polar surface area (TPSA) is 33.3 Å². The second-order valence-corrected chi connectivity index (χ2v) is 5.49. The van der Waals surface area contributed by atoms with Crippen molar-refractivity contribution in [2.45, 2.75) is 26.4 Å². The van der Waals surface area contributed by atoms with E-state index in [1.807, 2.05) is 38.1 Å². The number of ether oxygens (including phenoxy) is 1. The number of rotatable bonds is 6. The van der Waals surface area contributed by atoms with Gasteiger partial charge in [-0.3, -0.25) is 0 Å². The number of benzene rings is 1. The number of thiocarbonyl (C=S) groups is 1. The van der Waals surface area contributed by atoms with Gasteiger partial charge in [0.15, 0.2) is 5.11 Å². The number of hydrogen-bond acceptors (Lipinski definition) is 2. The van der Waals surface area contributed by atoms with Crippen molar-refractivity contribution in [2.75, 3.05) is 18.5 Å². The fraction of sp³-hybridized carbons (Fsp3) is 0.462. The summed E-state index contributed by atoms with van der Waals surface area (Å²) in [6, 6.07) is 7.90. The van der Waals surface area contributed by atoms with Crippen molar-refractivity contribution in [3.8, 4) is 0 Å². The highest BCUT2D eigenvalue weighted by Crippen LogP contribution is 2.15. The lowest BCUT2D eigenvalue weighted by molar-refractivity contribution is 0.0777. The standard InChI is InChI=1S/C13H19BrN2OS/c1-10(2)17-8-4-7-15-13(18)16-12-6-3-5-11(14)9-12/h3,5-6,9-10H,4,7-8H2,1-2H3,(H2,15,16,18). The Balaban J connectivity index is 2.18. The zero-order chi connectivity index (χ0) is 13.4. The highest BCUT2D eigenvalue weighted by Gasteiger charge is 1.98. The van der Waals surface area contributed by atoms with E-state index in [-0.39, 0.29) is 6.10 Å². The molecule has 0 aliphatic heterocycles. The summed E-state index contributed by atoms with van der Waals surface area (Å²) in [4.78, 5) is 0. The summed E-state index contributed by atoms with van der Waals surface area (Å²) in [5.74, 6) is 0. The van der Waals surface area contributed by atoms with Crippen molar-refractivity contribution >= 4 is 38.9 Å². The fourth-order valence-corrected chi connectivity index (χ4v) is 1.95. The third kappa shape index (κ3) is 6.93. The third-order valence-electron chi connectivity index (χ3n) is 2.14. The van der Waals surface area contributed by atoms with Crippen LogP contribution in [0.5, 0.6) is 0 Å². The van der Waals surface area contributed by atoms with Gasteiger partial charge in [-0.25, -0.2) is 0 Å². The monoisotopic (exact) mass is 330 g/mol.